The van der Waals surface area contributed by atoms with Crippen molar-refractivity contribution in [3.8, 4) is 17.4 Å². The van der Waals surface area contributed by atoms with Gasteiger partial charge in [-0.3, -0.25) is 9.36 Å². The molecule has 1 unspecified atom stereocenters. The van der Waals surface area contributed by atoms with Crippen LogP contribution in [0.2, 0.25) is 0 Å². The van der Waals surface area contributed by atoms with Gasteiger partial charge in [0, 0.05) is 44.8 Å². The Morgan fingerprint density at radius 2 is 2.03 bits per heavy atom. The van der Waals surface area contributed by atoms with Crippen LogP contribution in [0.5, 0.6) is 11.5 Å². The van der Waals surface area contributed by atoms with Gasteiger partial charge in [-0.2, -0.15) is 9.29 Å². The number of fused-ring (bicyclic) bond motifs is 1. The van der Waals surface area contributed by atoms with Gasteiger partial charge < -0.3 is 19.7 Å². The SMILES string of the molecule is CS(=O)(=O)N1CCN(c2ccnc(-n3ccnc3)n2)CC1C(=O)NCCc1ccc2c(c1)OCO2. The number of anilines is 1. The van der Waals surface area contributed by atoms with E-state index in [1.165, 1.54) is 4.31 Å². The highest BCUT2D eigenvalue weighted by molar-refractivity contribution is 7.88. The van der Waals surface area contributed by atoms with Gasteiger partial charge >= 0.3 is 0 Å². The molecule has 2 aliphatic heterocycles. The van der Waals surface area contributed by atoms with E-state index in [4.69, 9.17) is 9.47 Å². The van der Waals surface area contributed by atoms with Crippen molar-refractivity contribution in [2.24, 2.45) is 0 Å². The number of amides is 1. The van der Waals surface area contributed by atoms with Gasteiger partial charge in [-0.1, -0.05) is 6.07 Å². The summed E-state index contributed by atoms with van der Waals surface area (Å²) in [6.07, 6.45) is 8.27. The molecule has 12 nitrogen and oxygen atoms in total. The zero-order valence-electron chi connectivity index (χ0n) is 19.1. The third-order valence-corrected chi connectivity index (χ3v) is 7.19. The van der Waals surface area contributed by atoms with Gasteiger partial charge in [0.1, 0.15) is 18.2 Å². The van der Waals surface area contributed by atoms with Crippen molar-refractivity contribution in [1.29, 1.82) is 0 Å². The molecule has 1 aromatic carbocycles. The minimum atomic E-state index is -3.58. The fraction of sp³-hybridized carbons (Fsp3) is 0.364. The molecule has 0 spiro atoms. The highest BCUT2D eigenvalue weighted by Crippen LogP contribution is 2.32. The Hall–Kier alpha value is -3.71. The first-order valence-corrected chi connectivity index (χ1v) is 12.9. The summed E-state index contributed by atoms with van der Waals surface area (Å²) >= 11 is 0. The minimum Gasteiger partial charge on any atom is -0.454 e. The number of carbonyl (C=O) groups is 1. The third-order valence-electron chi connectivity index (χ3n) is 5.90. The molecular weight excluding hydrogens is 474 g/mol. The predicted molar refractivity (Wildman–Crippen MR) is 126 cm³/mol. The van der Waals surface area contributed by atoms with Crippen LogP contribution in [-0.4, -0.2) is 83.4 Å². The summed E-state index contributed by atoms with van der Waals surface area (Å²) in [5.74, 6) is 2.07. The van der Waals surface area contributed by atoms with E-state index in [2.05, 4.69) is 20.3 Å². The van der Waals surface area contributed by atoms with Gasteiger partial charge in [0.05, 0.1) is 6.26 Å². The van der Waals surface area contributed by atoms with Crippen molar-refractivity contribution in [2.45, 2.75) is 12.5 Å². The Balaban J connectivity index is 1.27. The van der Waals surface area contributed by atoms with Crippen LogP contribution in [-0.2, 0) is 21.2 Å². The first-order chi connectivity index (χ1) is 16.9. The Morgan fingerprint density at radius 3 is 2.83 bits per heavy atom. The molecule has 1 fully saturated rings. The van der Waals surface area contributed by atoms with E-state index < -0.39 is 16.1 Å². The van der Waals surface area contributed by atoms with E-state index in [-0.39, 0.29) is 25.8 Å². The summed E-state index contributed by atoms with van der Waals surface area (Å²) in [6.45, 7) is 1.29. The van der Waals surface area contributed by atoms with Crippen LogP contribution in [0, 0.1) is 0 Å². The van der Waals surface area contributed by atoms with Gasteiger partial charge in [0.15, 0.2) is 11.5 Å². The highest BCUT2D eigenvalue weighted by atomic mass is 32.2. The van der Waals surface area contributed by atoms with Crippen LogP contribution in [0.4, 0.5) is 5.82 Å². The maximum Gasteiger partial charge on any atom is 0.240 e. The second-order valence-corrected chi connectivity index (χ2v) is 10.2. The second kappa shape index (κ2) is 9.50. The van der Waals surface area contributed by atoms with Crippen molar-refractivity contribution in [2.75, 3.05) is 44.1 Å². The fourth-order valence-electron chi connectivity index (χ4n) is 4.15. The number of carbonyl (C=O) groups excluding carboxylic acids is 1. The Bertz CT molecular complexity index is 1320. The Morgan fingerprint density at radius 1 is 1.17 bits per heavy atom. The molecule has 4 heterocycles. The summed E-state index contributed by atoms with van der Waals surface area (Å²) in [6, 6.07) is 6.49. The van der Waals surface area contributed by atoms with E-state index in [0.29, 0.717) is 42.8 Å². The molecule has 1 saturated heterocycles. The van der Waals surface area contributed by atoms with Crippen LogP contribution >= 0.6 is 0 Å². The summed E-state index contributed by atoms with van der Waals surface area (Å²) in [4.78, 5) is 27.9. The van der Waals surface area contributed by atoms with Crippen molar-refractivity contribution in [1.82, 2.24) is 29.1 Å². The summed E-state index contributed by atoms with van der Waals surface area (Å²) in [5.41, 5.74) is 0.979. The number of ether oxygens (including phenoxy) is 2. The van der Waals surface area contributed by atoms with Crippen molar-refractivity contribution in [3.05, 3.63) is 54.7 Å². The first kappa shape index (κ1) is 23.1. The molecule has 5 rings (SSSR count). The minimum absolute atomic E-state index is 0.170. The molecular formula is C22H25N7O5S. The van der Waals surface area contributed by atoms with Crippen LogP contribution in [0.3, 0.4) is 0 Å². The van der Waals surface area contributed by atoms with Crippen molar-refractivity contribution >= 4 is 21.7 Å². The Labute approximate surface area is 202 Å². The maximum atomic E-state index is 13.1. The number of nitrogens with one attached hydrogen (secondary N) is 1. The van der Waals surface area contributed by atoms with Crippen LogP contribution in [0.1, 0.15) is 5.56 Å². The van der Waals surface area contributed by atoms with Gasteiger partial charge in [-0.05, 0) is 30.2 Å². The molecule has 2 aromatic heterocycles. The zero-order chi connectivity index (χ0) is 24.4. The standard InChI is InChI=1S/C22H25N7O5S/c1-35(31,32)29-11-10-27(20-5-7-25-22(26-20)28-9-8-23-14-28)13-17(29)21(30)24-6-4-16-2-3-18-19(12-16)34-15-33-18/h2-3,5,7-9,12,14,17H,4,6,10-11,13,15H2,1H3,(H,24,30). The largest absolute Gasteiger partial charge is 0.454 e. The van der Waals surface area contributed by atoms with Crippen LogP contribution in [0.15, 0.2) is 49.2 Å². The van der Waals surface area contributed by atoms with Crippen molar-refractivity contribution in [3.63, 3.8) is 0 Å². The van der Waals surface area contributed by atoms with Crippen molar-refractivity contribution < 1.29 is 22.7 Å². The average molecular weight is 500 g/mol. The van der Waals surface area contributed by atoms with Gasteiger partial charge in [-0.15, -0.1) is 0 Å². The van der Waals surface area contributed by atoms with E-state index in [9.17, 15) is 13.2 Å². The van der Waals surface area contributed by atoms with E-state index >= 15 is 0 Å². The monoisotopic (exact) mass is 499 g/mol. The number of hydrogen-bond acceptors (Lipinski definition) is 9. The second-order valence-electron chi connectivity index (χ2n) is 8.25. The van der Waals surface area contributed by atoms with Gasteiger partial charge in [0.2, 0.25) is 28.7 Å². The summed E-state index contributed by atoms with van der Waals surface area (Å²) in [5, 5.41) is 2.89. The van der Waals surface area contributed by atoms with Gasteiger partial charge in [0.25, 0.3) is 0 Å². The Kier molecular flexibility index (Phi) is 6.26. The molecule has 0 aliphatic carbocycles. The molecule has 0 radical (unpaired) electrons. The van der Waals surface area contributed by atoms with E-state index in [0.717, 1.165) is 11.8 Å². The fourth-order valence-corrected chi connectivity index (χ4v) is 5.18. The van der Waals surface area contributed by atoms with E-state index in [1.807, 2.05) is 23.1 Å². The molecule has 1 N–H and O–H groups in total. The summed E-state index contributed by atoms with van der Waals surface area (Å²) in [7, 11) is -3.58. The van der Waals surface area contributed by atoms with Gasteiger partial charge in [-0.25, -0.2) is 18.4 Å². The molecule has 3 aromatic rings. The topological polar surface area (TPSA) is 132 Å². The molecule has 35 heavy (non-hydrogen) atoms. The third kappa shape index (κ3) is 5.05. The normalized spacial score (nSPS) is 18.0. The number of nitrogens with zero attached hydrogens (tertiary/aromatic N) is 6. The molecule has 184 valence electrons. The number of aromatic nitrogens is 4. The lowest BCUT2D eigenvalue weighted by Gasteiger charge is -2.39. The number of sulfonamides is 1. The quantitative estimate of drug-likeness (QED) is 0.484. The molecule has 1 atom stereocenters. The maximum absolute atomic E-state index is 13.1. The highest BCUT2D eigenvalue weighted by Gasteiger charge is 2.38. The molecule has 13 heteroatoms. The lowest BCUT2D eigenvalue weighted by atomic mass is 10.1. The van der Waals surface area contributed by atoms with E-state index in [1.54, 1.807) is 35.6 Å². The number of hydrogen-bond donors (Lipinski definition) is 1. The number of benzene rings is 1. The first-order valence-electron chi connectivity index (χ1n) is 11.1. The van der Waals surface area contributed by atoms with Crippen LogP contribution < -0.4 is 19.7 Å². The lowest BCUT2D eigenvalue weighted by Crippen LogP contribution is -2.60. The number of rotatable bonds is 7. The lowest BCUT2D eigenvalue weighted by molar-refractivity contribution is -0.124. The molecule has 0 bridgehead atoms. The molecule has 1 amide bonds. The number of imidazole rings is 1. The average Bonchev–Trinajstić information content (AvgIpc) is 3.55. The zero-order valence-corrected chi connectivity index (χ0v) is 19.9. The summed E-state index contributed by atoms with van der Waals surface area (Å²) < 4.78 is 38.5. The predicted octanol–water partition coefficient (Wildman–Crippen LogP) is 0.200. The van der Waals surface area contributed by atoms with Crippen LogP contribution in [0.25, 0.3) is 5.95 Å². The smallest absolute Gasteiger partial charge is 0.240 e. The molecule has 0 saturated carbocycles. The molecule has 2 aliphatic rings. The number of piperazine rings is 1.